The third-order valence-corrected chi connectivity index (χ3v) is 4.97. The van der Waals surface area contributed by atoms with Crippen molar-refractivity contribution in [2.24, 2.45) is 0 Å². The molecule has 2 aliphatic heterocycles. The Morgan fingerprint density at radius 1 is 1.25 bits per heavy atom. The number of carbonyl (C=O) groups is 3. The highest BCUT2D eigenvalue weighted by atomic mass is 16.3. The molecule has 0 aliphatic carbocycles. The number of fused-ring (bicyclic) bond motifs is 1. The van der Waals surface area contributed by atoms with Crippen molar-refractivity contribution in [1.82, 2.24) is 25.0 Å². The van der Waals surface area contributed by atoms with E-state index in [0.29, 0.717) is 32.7 Å². The number of nitrogens with zero attached hydrogens (tertiary/aromatic N) is 4. The summed E-state index contributed by atoms with van der Waals surface area (Å²) in [5.41, 5.74) is 0.848. The fraction of sp³-hybridized carbons (Fsp3) is 0.368. The minimum atomic E-state index is -0.553. The van der Waals surface area contributed by atoms with Crippen LogP contribution in [0.5, 0.6) is 0 Å². The van der Waals surface area contributed by atoms with E-state index < -0.39 is 12.1 Å². The molecule has 28 heavy (non-hydrogen) atoms. The van der Waals surface area contributed by atoms with E-state index in [1.807, 2.05) is 18.2 Å². The first-order valence-electron chi connectivity index (χ1n) is 9.14. The fourth-order valence-electron chi connectivity index (χ4n) is 3.52. The highest BCUT2D eigenvalue weighted by Crippen LogP contribution is 2.23. The van der Waals surface area contributed by atoms with Crippen LogP contribution in [0.25, 0.3) is 0 Å². The van der Waals surface area contributed by atoms with Crippen LogP contribution in [-0.4, -0.2) is 69.8 Å². The summed E-state index contributed by atoms with van der Waals surface area (Å²) in [5, 5.41) is 2.72. The Hall–Kier alpha value is -3.20. The molecule has 9 heteroatoms. The third-order valence-electron chi connectivity index (χ3n) is 4.97. The van der Waals surface area contributed by atoms with E-state index in [0.717, 1.165) is 16.2 Å². The van der Waals surface area contributed by atoms with Gasteiger partial charge < -0.3 is 14.6 Å². The number of amides is 4. The molecule has 2 fully saturated rings. The van der Waals surface area contributed by atoms with Gasteiger partial charge in [-0.15, -0.1) is 0 Å². The maximum Gasteiger partial charge on any atom is 0.328 e. The SMILES string of the molecule is O=C(CN1C(=O)C2CN(Cc3ccco3)CCN2C1=O)NCc1cccnc1. The number of imide groups is 1. The molecule has 2 saturated heterocycles. The number of hydrogen-bond donors (Lipinski definition) is 1. The summed E-state index contributed by atoms with van der Waals surface area (Å²) in [6.07, 6.45) is 4.92. The number of piperazine rings is 1. The van der Waals surface area contributed by atoms with Gasteiger partial charge in [0.1, 0.15) is 18.3 Å². The van der Waals surface area contributed by atoms with Gasteiger partial charge in [-0.1, -0.05) is 6.07 Å². The van der Waals surface area contributed by atoms with Crippen LogP contribution in [0, 0.1) is 0 Å². The quantitative estimate of drug-likeness (QED) is 0.727. The topological polar surface area (TPSA) is 99.0 Å². The number of urea groups is 1. The number of pyridine rings is 1. The molecular formula is C19H21N5O4. The molecule has 2 aromatic heterocycles. The largest absolute Gasteiger partial charge is 0.468 e. The van der Waals surface area contributed by atoms with Crippen LogP contribution < -0.4 is 5.32 Å². The second-order valence-electron chi connectivity index (χ2n) is 6.87. The molecule has 9 nitrogen and oxygen atoms in total. The van der Waals surface area contributed by atoms with Crippen LogP contribution in [0.1, 0.15) is 11.3 Å². The fourth-order valence-corrected chi connectivity index (χ4v) is 3.52. The predicted octanol–water partition coefficient (Wildman–Crippen LogP) is 0.439. The zero-order valence-electron chi connectivity index (χ0n) is 15.3. The minimum Gasteiger partial charge on any atom is -0.468 e. The van der Waals surface area contributed by atoms with Gasteiger partial charge in [0.25, 0.3) is 5.91 Å². The summed E-state index contributed by atoms with van der Waals surface area (Å²) in [6, 6.07) is 6.37. The van der Waals surface area contributed by atoms with Crippen LogP contribution in [-0.2, 0) is 22.7 Å². The van der Waals surface area contributed by atoms with Gasteiger partial charge in [0.05, 0.1) is 12.8 Å². The lowest BCUT2D eigenvalue weighted by Crippen LogP contribution is -2.52. The first kappa shape index (κ1) is 18.2. The number of carbonyl (C=O) groups excluding carboxylic acids is 3. The smallest absolute Gasteiger partial charge is 0.328 e. The standard InChI is InChI=1S/C19H21N5O4/c25-17(21-10-14-3-1-5-20-9-14)13-24-18(26)16-12-22(6-7-23(16)19(24)27)11-15-4-2-8-28-15/h1-5,8-9,16H,6-7,10-13H2,(H,21,25). The molecule has 0 aromatic carbocycles. The normalized spacial score (nSPS) is 19.8. The molecule has 4 heterocycles. The lowest BCUT2D eigenvalue weighted by Gasteiger charge is -2.34. The van der Waals surface area contributed by atoms with E-state index in [2.05, 4.69) is 15.2 Å². The summed E-state index contributed by atoms with van der Waals surface area (Å²) < 4.78 is 5.36. The van der Waals surface area contributed by atoms with Gasteiger partial charge in [-0.3, -0.25) is 24.4 Å². The molecule has 1 N–H and O–H groups in total. The van der Waals surface area contributed by atoms with Gasteiger partial charge in [0.15, 0.2) is 0 Å². The summed E-state index contributed by atoms with van der Waals surface area (Å²) in [5.74, 6) is 0.111. The van der Waals surface area contributed by atoms with Crippen molar-refractivity contribution in [2.45, 2.75) is 19.1 Å². The lowest BCUT2D eigenvalue weighted by molar-refractivity contribution is -0.133. The summed E-state index contributed by atoms with van der Waals surface area (Å²) in [7, 11) is 0. The van der Waals surface area contributed by atoms with Crippen LogP contribution >= 0.6 is 0 Å². The van der Waals surface area contributed by atoms with Gasteiger partial charge in [0.2, 0.25) is 5.91 Å². The van der Waals surface area contributed by atoms with Crippen molar-refractivity contribution in [3.63, 3.8) is 0 Å². The summed E-state index contributed by atoms with van der Waals surface area (Å²) >= 11 is 0. The monoisotopic (exact) mass is 383 g/mol. The molecule has 146 valence electrons. The van der Waals surface area contributed by atoms with E-state index in [9.17, 15) is 14.4 Å². The molecule has 1 unspecified atom stereocenters. The van der Waals surface area contributed by atoms with Crippen LogP contribution in [0.3, 0.4) is 0 Å². The second-order valence-corrected chi connectivity index (χ2v) is 6.87. The third kappa shape index (κ3) is 3.74. The van der Waals surface area contributed by atoms with Crippen molar-refractivity contribution in [3.05, 3.63) is 54.2 Å². The Kier molecular flexibility index (Phi) is 5.07. The zero-order chi connectivity index (χ0) is 19.5. The van der Waals surface area contributed by atoms with Crippen LogP contribution in [0.4, 0.5) is 4.79 Å². The molecule has 4 rings (SSSR count). The van der Waals surface area contributed by atoms with E-state index >= 15 is 0 Å². The Morgan fingerprint density at radius 3 is 2.89 bits per heavy atom. The van der Waals surface area contributed by atoms with E-state index in [4.69, 9.17) is 4.42 Å². The highest BCUT2D eigenvalue weighted by molar-refractivity contribution is 6.06. The average molecular weight is 383 g/mol. The maximum atomic E-state index is 12.7. The number of rotatable bonds is 6. The number of nitrogens with one attached hydrogen (secondary N) is 1. The Morgan fingerprint density at radius 2 is 2.14 bits per heavy atom. The van der Waals surface area contributed by atoms with Crippen LogP contribution in [0.2, 0.25) is 0 Å². The van der Waals surface area contributed by atoms with Crippen LogP contribution in [0.15, 0.2) is 47.3 Å². The van der Waals surface area contributed by atoms with Crippen molar-refractivity contribution in [3.8, 4) is 0 Å². The maximum absolute atomic E-state index is 12.7. The molecule has 2 aliphatic rings. The van der Waals surface area contributed by atoms with E-state index in [-0.39, 0.29) is 18.4 Å². The number of furan rings is 1. The first-order valence-corrected chi connectivity index (χ1v) is 9.14. The second kappa shape index (κ2) is 7.81. The number of hydrogen-bond acceptors (Lipinski definition) is 6. The summed E-state index contributed by atoms with van der Waals surface area (Å²) in [4.78, 5) is 46.2. The Balaban J connectivity index is 1.34. The number of aromatic nitrogens is 1. The van der Waals surface area contributed by atoms with E-state index in [1.54, 1.807) is 29.6 Å². The molecule has 1 atom stereocenters. The Labute approximate surface area is 161 Å². The molecular weight excluding hydrogens is 362 g/mol. The predicted molar refractivity (Wildman–Crippen MR) is 97.7 cm³/mol. The van der Waals surface area contributed by atoms with Crippen molar-refractivity contribution in [2.75, 3.05) is 26.2 Å². The molecule has 2 aromatic rings. The van der Waals surface area contributed by atoms with Gasteiger partial charge >= 0.3 is 6.03 Å². The highest BCUT2D eigenvalue weighted by Gasteiger charge is 2.48. The molecule has 0 bridgehead atoms. The molecule has 0 saturated carbocycles. The zero-order valence-corrected chi connectivity index (χ0v) is 15.3. The molecule has 0 spiro atoms. The van der Waals surface area contributed by atoms with Gasteiger partial charge in [-0.2, -0.15) is 0 Å². The lowest BCUT2D eigenvalue weighted by atomic mass is 10.2. The van der Waals surface area contributed by atoms with Crippen molar-refractivity contribution in [1.29, 1.82) is 0 Å². The van der Waals surface area contributed by atoms with Gasteiger partial charge in [-0.25, -0.2) is 4.79 Å². The molecule has 0 radical (unpaired) electrons. The van der Waals surface area contributed by atoms with Gasteiger partial charge in [0, 0.05) is 38.6 Å². The molecule has 4 amide bonds. The Bertz CT molecular complexity index is 854. The summed E-state index contributed by atoms with van der Waals surface area (Å²) in [6.45, 7) is 2.14. The van der Waals surface area contributed by atoms with Gasteiger partial charge in [-0.05, 0) is 23.8 Å². The minimum absolute atomic E-state index is 0.275. The van der Waals surface area contributed by atoms with Crippen molar-refractivity contribution >= 4 is 17.8 Å². The average Bonchev–Trinajstić information content (AvgIpc) is 3.30. The first-order chi connectivity index (χ1) is 13.6. The van der Waals surface area contributed by atoms with E-state index in [1.165, 1.54) is 0 Å². The van der Waals surface area contributed by atoms with Crippen molar-refractivity contribution < 1.29 is 18.8 Å².